The maximum Gasteiger partial charge on any atom is 0.101 e. The Bertz CT molecular complexity index is 570. The fourth-order valence-corrected chi connectivity index (χ4v) is 2.75. The zero-order valence-corrected chi connectivity index (χ0v) is 11.8. The van der Waals surface area contributed by atoms with E-state index in [1.807, 2.05) is 18.2 Å². The summed E-state index contributed by atoms with van der Waals surface area (Å²) in [5.41, 5.74) is 8.29. The molecule has 0 atom stereocenters. The van der Waals surface area contributed by atoms with Crippen molar-refractivity contribution in [2.24, 2.45) is 5.73 Å². The van der Waals surface area contributed by atoms with Crippen LogP contribution in [0.2, 0.25) is 0 Å². The van der Waals surface area contributed by atoms with E-state index in [0.717, 1.165) is 24.3 Å². The predicted octanol–water partition coefficient (Wildman–Crippen LogP) is 3.10. The second-order valence-electron chi connectivity index (χ2n) is 4.26. The molecule has 19 heavy (non-hydrogen) atoms. The van der Waals surface area contributed by atoms with E-state index < -0.39 is 0 Å². The summed E-state index contributed by atoms with van der Waals surface area (Å²) in [6.45, 7) is 4.27. The van der Waals surface area contributed by atoms with E-state index in [0.29, 0.717) is 12.1 Å². The highest BCUT2D eigenvalue weighted by molar-refractivity contribution is 7.09. The average molecular weight is 271 g/mol. The second kappa shape index (κ2) is 6.37. The summed E-state index contributed by atoms with van der Waals surface area (Å²) in [5, 5.41) is 11.4. The van der Waals surface area contributed by atoms with E-state index >= 15 is 0 Å². The van der Waals surface area contributed by atoms with Crippen LogP contribution in [0.15, 0.2) is 35.7 Å². The Morgan fingerprint density at radius 3 is 2.79 bits per heavy atom. The molecular formula is C15H17N3S. The van der Waals surface area contributed by atoms with Crippen LogP contribution < -0.4 is 10.6 Å². The molecular weight excluding hydrogens is 254 g/mol. The van der Waals surface area contributed by atoms with E-state index in [-0.39, 0.29) is 0 Å². The Balaban J connectivity index is 2.30. The zero-order chi connectivity index (χ0) is 13.7. The normalized spacial score (nSPS) is 10.2. The fraction of sp³-hybridized carbons (Fsp3) is 0.267. The first-order valence-electron chi connectivity index (χ1n) is 6.29. The first-order valence-corrected chi connectivity index (χ1v) is 7.16. The van der Waals surface area contributed by atoms with Crippen LogP contribution in [0.4, 0.5) is 5.69 Å². The van der Waals surface area contributed by atoms with Gasteiger partial charge in [-0.05, 0) is 36.1 Å². The highest BCUT2D eigenvalue weighted by atomic mass is 32.1. The molecule has 0 radical (unpaired) electrons. The number of nitrogens with zero attached hydrogens (tertiary/aromatic N) is 2. The standard InChI is InChI=1S/C15H17N3S/c1-2-18(11-14-4-3-7-19-14)15-6-5-12(9-16)8-13(15)10-17/h3-8H,2,9,11,16H2,1H3. The third-order valence-corrected chi connectivity index (χ3v) is 3.93. The van der Waals surface area contributed by atoms with Crippen molar-refractivity contribution in [3.05, 3.63) is 51.7 Å². The fourth-order valence-electron chi connectivity index (χ4n) is 2.03. The van der Waals surface area contributed by atoms with Crippen LogP contribution in [0.5, 0.6) is 0 Å². The maximum absolute atomic E-state index is 9.29. The summed E-state index contributed by atoms with van der Waals surface area (Å²) in [6.07, 6.45) is 0. The van der Waals surface area contributed by atoms with Crippen LogP contribution in [0.3, 0.4) is 0 Å². The van der Waals surface area contributed by atoms with E-state index in [9.17, 15) is 5.26 Å². The second-order valence-corrected chi connectivity index (χ2v) is 5.29. The Morgan fingerprint density at radius 2 is 2.21 bits per heavy atom. The Kier molecular flexibility index (Phi) is 4.56. The minimum atomic E-state index is 0.464. The number of nitrogens with two attached hydrogens (primary N) is 1. The summed E-state index contributed by atoms with van der Waals surface area (Å²) in [7, 11) is 0. The first kappa shape index (κ1) is 13.6. The third kappa shape index (κ3) is 3.14. The SMILES string of the molecule is CCN(Cc1cccs1)c1ccc(CN)cc1C#N. The van der Waals surface area contributed by atoms with Gasteiger partial charge in [-0.1, -0.05) is 12.1 Å². The molecule has 0 aliphatic carbocycles. The monoisotopic (exact) mass is 271 g/mol. The summed E-state index contributed by atoms with van der Waals surface area (Å²) >= 11 is 1.74. The molecule has 0 saturated heterocycles. The van der Waals surface area contributed by atoms with Gasteiger partial charge in [0.1, 0.15) is 6.07 Å². The van der Waals surface area contributed by atoms with E-state index in [1.54, 1.807) is 11.3 Å². The number of anilines is 1. The van der Waals surface area contributed by atoms with Crippen LogP contribution in [-0.2, 0) is 13.1 Å². The summed E-state index contributed by atoms with van der Waals surface area (Å²) in [5.74, 6) is 0. The largest absolute Gasteiger partial charge is 0.366 e. The molecule has 1 aromatic heterocycles. The van der Waals surface area contributed by atoms with Crippen molar-refractivity contribution in [3.63, 3.8) is 0 Å². The molecule has 1 aromatic carbocycles. The highest BCUT2D eigenvalue weighted by Crippen LogP contribution is 2.24. The quantitative estimate of drug-likeness (QED) is 0.909. The van der Waals surface area contributed by atoms with Gasteiger partial charge in [0.25, 0.3) is 0 Å². The van der Waals surface area contributed by atoms with Crippen molar-refractivity contribution in [2.75, 3.05) is 11.4 Å². The lowest BCUT2D eigenvalue weighted by Crippen LogP contribution is -2.22. The molecule has 0 saturated carbocycles. The number of nitriles is 1. The van der Waals surface area contributed by atoms with Gasteiger partial charge in [-0.15, -0.1) is 11.3 Å². The number of thiophene rings is 1. The first-order chi connectivity index (χ1) is 9.28. The molecule has 3 nitrogen and oxygen atoms in total. The summed E-state index contributed by atoms with van der Waals surface area (Å²) in [6, 6.07) is 12.3. The molecule has 0 aliphatic heterocycles. The van der Waals surface area contributed by atoms with Crippen molar-refractivity contribution < 1.29 is 0 Å². The molecule has 0 spiro atoms. The molecule has 1 heterocycles. The lowest BCUT2D eigenvalue weighted by Gasteiger charge is -2.23. The van der Waals surface area contributed by atoms with Gasteiger partial charge in [0.05, 0.1) is 17.8 Å². The van der Waals surface area contributed by atoms with Crippen LogP contribution >= 0.6 is 11.3 Å². The van der Waals surface area contributed by atoms with Gasteiger partial charge in [-0.25, -0.2) is 0 Å². The number of rotatable bonds is 5. The van der Waals surface area contributed by atoms with Crippen LogP contribution in [0, 0.1) is 11.3 Å². The van der Waals surface area contributed by atoms with Gasteiger partial charge >= 0.3 is 0 Å². The average Bonchev–Trinajstić information content (AvgIpc) is 2.97. The molecule has 2 aromatic rings. The van der Waals surface area contributed by atoms with Gasteiger partial charge in [0.2, 0.25) is 0 Å². The topological polar surface area (TPSA) is 53.0 Å². The molecule has 0 unspecified atom stereocenters. The molecule has 0 bridgehead atoms. The molecule has 0 amide bonds. The lowest BCUT2D eigenvalue weighted by molar-refractivity contribution is 0.840. The maximum atomic E-state index is 9.29. The molecule has 2 rings (SSSR count). The minimum absolute atomic E-state index is 0.464. The predicted molar refractivity (Wildman–Crippen MR) is 80.1 cm³/mol. The van der Waals surface area contributed by atoms with Gasteiger partial charge in [-0.2, -0.15) is 5.26 Å². The van der Waals surface area contributed by atoms with E-state index in [2.05, 4.69) is 35.4 Å². The van der Waals surface area contributed by atoms with Crippen molar-refractivity contribution in [2.45, 2.75) is 20.0 Å². The Morgan fingerprint density at radius 1 is 1.37 bits per heavy atom. The molecule has 0 aliphatic rings. The van der Waals surface area contributed by atoms with Crippen LogP contribution in [0.1, 0.15) is 22.9 Å². The number of hydrogen-bond donors (Lipinski definition) is 1. The van der Waals surface area contributed by atoms with Crippen molar-refractivity contribution in [3.8, 4) is 6.07 Å². The van der Waals surface area contributed by atoms with Gasteiger partial charge in [-0.3, -0.25) is 0 Å². The van der Waals surface area contributed by atoms with Gasteiger partial charge in [0, 0.05) is 18.0 Å². The van der Waals surface area contributed by atoms with Crippen LogP contribution in [-0.4, -0.2) is 6.54 Å². The summed E-state index contributed by atoms with van der Waals surface area (Å²) < 4.78 is 0. The molecule has 4 heteroatoms. The molecule has 0 fully saturated rings. The Hall–Kier alpha value is -1.83. The van der Waals surface area contributed by atoms with Crippen molar-refractivity contribution >= 4 is 17.0 Å². The minimum Gasteiger partial charge on any atom is -0.366 e. The number of hydrogen-bond acceptors (Lipinski definition) is 4. The van der Waals surface area contributed by atoms with Gasteiger partial charge in [0.15, 0.2) is 0 Å². The zero-order valence-electron chi connectivity index (χ0n) is 11.0. The molecule has 98 valence electrons. The van der Waals surface area contributed by atoms with E-state index in [4.69, 9.17) is 5.73 Å². The van der Waals surface area contributed by atoms with Crippen molar-refractivity contribution in [1.82, 2.24) is 0 Å². The van der Waals surface area contributed by atoms with E-state index in [1.165, 1.54) is 4.88 Å². The summed E-state index contributed by atoms with van der Waals surface area (Å²) in [4.78, 5) is 3.51. The smallest absolute Gasteiger partial charge is 0.101 e. The van der Waals surface area contributed by atoms with Crippen molar-refractivity contribution in [1.29, 1.82) is 5.26 Å². The lowest BCUT2D eigenvalue weighted by atomic mass is 10.1. The highest BCUT2D eigenvalue weighted by Gasteiger charge is 2.11. The Labute approximate surface area is 117 Å². The number of benzene rings is 1. The third-order valence-electron chi connectivity index (χ3n) is 3.07. The molecule has 2 N–H and O–H groups in total. The van der Waals surface area contributed by atoms with Gasteiger partial charge < -0.3 is 10.6 Å². The van der Waals surface area contributed by atoms with Crippen LogP contribution in [0.25, 0.3) is 0 Å².